The van der Waals surface area contributed by atoms with Gasteiger partial charge >= 0.3 is 11.9 Å². The highest BCUT2D eigenvalue weighted by Crippen LogP contribution is 2.24. The predicted octanol–water partition coefficient (Wildman–Crippen LogP) is 2.86. The van der Waals surface area contributed by atoms with E-state index in [0.717, 1.165) is 11.1 Å². The minimum absolute atomic E-state index is 0.224. The number of esters is 2. The second kappa shape index (κ2) is 9.56. The summed E-state index contributed by atoms with van der Waals surface area (Å²) in [5.74, 6) is -2.34. The molecule has 0 spiro atoms. The number of nitrogens with one attached hydrogen (secondary N) is 1. The number of benzene rings is 1. The Bertz CT molecular complexity index is 927. The zero-order valence-corrected chi connectivity index (χ0v) is 18.3. The minimum atomic E-state index is -0.918. The maximum Gasteiger partial charge on any atom is 0.341 e. The number of hydrogen-bond acceptors (Lipinski definition) is 6. The lowest BCUT2D eigenvalue weighted by atomic mass is 10.0. The van der Waals surface area contributed by atoms with Crippen LogP contribution in [0.5, 0.6) is 0 Å². The van der Waals surface area contributed by atoms with Crippen LogP contribution in [0.3, 0.4) is 0 Å². The molecule has 162 valence electrons. The van der Waals surface area contributed by atoms with Crippen molar-refractivity contribution in [1.29, 1.82) is 0 Å². The SMILES string of the molecule is CCOC(=O)c1cn(C)nc1-c1cccc(CNC(=O)[C@H](C)C(=O)OC(C)(C)C)c1. The molecule has 8 nitrogen and oxygen atoms in total. The van der Waals surface area contributed by atoms with Crippen LogP contribution in [0.2, 0.25) is 0 Å². The summed E-state index contributed by atoms with van der Waals surface area (Å²) in [5.41, 5.74) is 1.76. The Hall–Kier alpha value is -3.16. The summed E-state index contributed by atoms with van der Waals surface area (Å²) < 4.78 is 11.9. The largest absolute Gasteiger partial charge is 0.462 e. The summed E-state index contributed by atoms with van der Waals surface area (Å²) >= 11 is 0. The van der Waals surface area contributed by atoms with Gasteiger partial charge in [-0.3, -0.25) is 14.3 Å². The van der Waals surface area contributed by atoms with Crippen molar-refractivity contribution in [2.75, 3.05) is 6.61 Å². The molecule has 0 saturated carbocycles. The van der Waals surface area contributed by atoms with Crippen LogP contribution in [0.25, 0.3) is 11.3 Å². The zero-order valence-electron chi connectivity index (χ0n) is 18.3. The predicted molar refractivity (Wildman–Crippen MR) is 111 cm³/mol. The van der Waals surface area contributed by atoms with Gasteiger partial charge in [-0.2, -0.15) is 5.10 Å². The lowest BCUT2D eigenvalue weighted by molar-refractivity contribution is -0.161. The van der Waals surface area contributed by atoms with E-state index < -0.39 is 29.4 Å². The monoisotopic (exact) mass is 415 g/mol. The van der Waals surface area contributed by atoms with Crippen molar-refractivity contribution in [3.63, 3.8) is 0 Å². The van der Waals surface area contributed by atoms with Gasteiger partial charge in [0.15, 0.2) is 0 Å². The maximum atomic E-state index is 12.3. The van der Waals surface area contributed by atoms with Crippen LogP contribution in [0.15, 0.2) is 30.5 Å². The highest BCUT2D eigenvalue weighted by molar-refractivity contribution is 5.97. The van der Waals surface area contributed by atoms with E-state index in [2.05, 4.69) is 10.4 Å². The molecule has 0 unspecified atom stereocenters. The minimum Gasteiger partial charge on any atom is -0.462 e. The van der Waals surface area contributed by atoms with E-state index in [1.54, 1.807) is 45.6 Å². The zero-order chi connectivity index (χ0) is 22.5. The van der Waals surface area contributed by atoms with E-state index >= 15 is 0 Å². The van der Waals surface area contributed by atoms with E-state index in [4.69, 9.17) is 9.47 Å². The molecule has 30 heavy (non-hydrogen) atoms. The lowest BCUT2D eigenvalue weighted by Crippen LogP contribution is -2.37. The van der Waals surface area contributed by atoms with Gasteiger partial charge in [-0.05, 0) is 46.2 Å². The number of aryl methyl sites for hydroxylation is 1. The van der Waals surface area contributed by atoms with Crippen molar-refractivity contribution in [1.82, 2.24) is 15.1 Å². The number of carbonyl (C=O) groups excluding carboxylic acids is 3. The topological polar surface area (TPSA) is 99.5 Å². The molecular weight excluding hydrogens is 386 g/mol. The molecule has 1 atom stereocenters. The number of hydrogen-bond donors (Lipinski definition) is 1. The van der Waals surface area contributed by atoms with Crippen molar-refractivity contribution in [3.8, 4) is 11.3 Å². The van der Waals surface area contributed by atoms with Gasteiger partial charge in [0.2, 0.25) is 5.91 Å². The number of ether oxygens (including phenoxy) is 2. The Balaban J connectivity index is 2.11. The number of carbonyl (C=O) groups is 3. The van der Waals surface area contributed by atoms with E-state index in [9.17, 15) is 14.4 Å². The number of amides is 1. The van der Waals surface area contributed by atoms with Crippen molar-refractivity contribution in [3.05, 3.63) is 41.6 Å². The molecule has 0 aliphatic heterocycles. The first kappa shape index (κ1) is 23.1. The summed E-state index contributed by atoms with van der Waals surface area (Å²) in [6.45, 7) is 9.01. The van der Waals surface area contributed by atoms with Crippen LogP contribution in [-0.2, 0) is 32.7 Å². The standard InChI is InChI=1S/C22H29N3O5/c1-7-29-21(28)17-13-25(6)24-18(17)16-10-8-9-15(11-16)12-23-19(26)14(2)20(27)30-22(3,4)5/h8-11,13-14H,7,12H2,1-6H3,(H,23,26)/t14-/m0/s1. The maximum absolute atomic E-state index is 12.3. The summed E-state index contributed by atoms with van der Waals surface area (Å²) in [4.78, 5) is 36.6. The average Bonchev–Trinajstić information content (AvgIpc) is 3.06. The molecule has 2 rings (SSSR count). The number of rotatable bonds is 7. The smallest absolute Gasteiger partial charge is 0.341 e. The average molecular weight is 415 g/mol. The van der Waals surface area contributed by atoms with Crippen molar-refractivity contribution in [2.45, 2.75) is 46.8 Å². The van der Waals surface area contributed by atoms with E-state index in [1.807, 2.05) is 24.3 Å². The third-order valence-corrected chi connectivity index (χ3v) is 4.14. The first-order valence-electron chi connectivity index (χ1n) is 9.82. The molecule has 0 fully saturated rings. The molecule has 1 amide bonds. The van der Waals surface area contributed by atoms with E-state index in [0.29, 0.717) is 11.3 Å². The van der Waals surface area contributed by atoms with Gasteiger partial charge in [0.05, 0.1) is 6.61 Å². The van der Waals surface area contributed by atoms with Gasteiger partial charge in [0.1, 0.15) is 22.8 Å². The van der Waals surface area contributed by atoms with Gasteiger partial charge < -0.3 is 14.8 Å². The number of aromatic nitrogens is 2. The second-order valence-electron chi connectivity index (χ2n) is 7.96. The van der Waals surface area contributed by atoms with Crippen LogP contribution >= 0.6 is 0 Å². The summed E-state index contributed by atoms with van der Waals surface area (Å²) in [5, 5.41) is 7.12. The third kappa shape index (κ3) is 6.17. The lowest BCUT2D eigenvalue weighted by Gasteiger charge is -2.22. The highest BCUT2D eigenvalue weighted by atomic mass is 16.6. The first-order chi connectivity index (χ1) is 14.0. The summed E-state index contributed by atoms with van der Waals surface area (Å²) in [6, 6.07) is 7.33. The van der Waals surface area contributed by atoms with Crippen molar-refractivity contribution in [2.24, 2.45) is 13.0 Å². The van der Waals surface area contributed by atoms with Crippen LogP contribution in [0.4, 0.5) is 0 Å². The molecule has 1 aromatic carbocycles. The van der Waals surface area contributed by atoms with Crippen LogP contribution in [0, 0.1) is 5.92 Å². The van der Waals surface area contributed by atoms with Crippen molar-refractivity contribution < 1.29 is 23.9 Å². The molecule has 0 aliphatic rings. The van der Waals surface area contributed by atoms with Crippen LogP contribution < -0.4 is 5.32 Å². The second-order valence-corrected chi connectivity index (χ2v) is 7.96. The number of nitrogens with zero attached hydrogens (tertiary/aromatic N) is 2. The Morgan fingerprint density at radius 2 is 1.93 bits per heavy atom. The van der Waals surface area contributed by atoms with Crippen LogP contribution in [-0.4, -0.2) is 39.8 Å². The molecule has 0 radical (unpaired) electrons. The Morgan fingerprint density at radius 1 is 1.23 bits per heavy atom. The Morgan fingerprint density at radius 3 is 2.57 bits per heavy atom. The normalized spacial score (nSPS) is 12.2. The quantitative estimate of drug-likeness (QED) is 0.551. The molecule has 0 aliphatic carbocycles. The third-order valence-electron chi connectivity index (χ3n) is 4.14. The first-order valence-corrected chi connectivity index (χ1v) is 9.82. The highest BCUT2D eigenvalue weighted by Gasteiger charge is 2.27. The molecule has 0 saturated heterocycles. The molecular formula is C22H29N3O5. The summed E-state index contributed by atoms with van der Waals surface area (Å²) in [6.07, 6.45) is 1.62. The fraction of sp³-hybridized carbons (Fsp3) is 0.455. The van der Waals surface area contributed by atoms with Gasteiger partial charge in [0, 0.05) is 25.4 Å². The van der Waals surface area contributed by atoms with Gasteiger partial charge in [-0.25, -0.2) is 4.79 Å². The van der Waals surface area contributed by atoms with E-state index in [1.165, 1.54) is 6.92 Å². The molecule has 1 heterocycles. The summed E-state index contributed by atoms with van der Waals surface area (Å²) in [7, 11) is 1.73. The molecule has 1 aromatic heterocycles. The van der Waals surface area contributed by atoms with E-state index in [-0.39, 0.29) is 13.2 Å². The Kier molecular flexibility index (Phi) is 7.37. The fourth-order valence-electron chi connectivity index (χ4n) is 2.73. The molecule has 0 bridgehead atoms. The van der Waals surface area contributed by atoms with Gasteiger partial charge in [-0.15, -0.1) is 0 Å². The van der Waals surface area contributed by atoms with Gasteiger partial charge in [-0.1, -0.05) is 18.2 Å². The Labute approximate surface area is 176 Å². The molecule has 1 N–H and O–H groups in total. The fourth-order valence-corrected chi connectivity index (χ4v) is 2.73. The molecule has 2 aromatic rings. The van der Waals surface area contributed by atoms with Crippen molar-refractivity contribution >= 4 is 17.8 Å². The molecule has 8 heteroatoms. The van der Waals surface area contributed by atoms with Gasteiger partial charge in [0.25, 0.3) is 0 Å². The van der Waals surface area contributed by atoms with Crippen LogP contribution in [0.1, 0.15) is 50.5 Å².